The second-order valence-electron chi connectivity index (χ2n) is 5.47. The normalized spacial score (nSPS) is 11.4. The van der Waals surface area contributed by atoms with Crippen molar-refractivity contribution < 1.29 is 5.11 Å². The molecule has 0 amide bonds. The maximum Gasteiger partial charge on any atom is 0.251 e. The van der Waals surface area contributed by atoms with Crippen LogP contribution in [-0.2, 0) is 14.1 Å². The van der Waals surface area contributed by atoms with Gasteiger partial charge in [0.25, 0.3) is 11.1 Å². The Morgan fingerprint density at radius 3 is 1.57 bits per heavy atom. The predicted molar refractivity (Wildman–Crippen MR) is 83.1 cm³/mol. The van der Waals surface area contributed by atoms with E-state index in [0.29, 0.717) is 11.0 Å². The molecule has 0 bridgehead atoms. The molecule has 1 aromatic carbocycles. The molecule has 5 nitrogen and oxygen atoms in total. The minimum absolute atomic E-state index is 0.0332. The van der Waals surface area contributed by atoms with E-state index in [2.05, 4.69) is 0 Å². The van der Waals surface area contributed by atoms with Gasteiger partial charge in [0.2, 0.25) is 0 Å². The summed E-state index contributed by atoms with van der Waals surface area (Å²) in [5.41, 5.74) is 2.14. The summed E-state index contributed by atoms with van der Waals surface area (Å²) in [4.78, 5) is 23.9. The molecule has 3 rings (SSSR count). The molecule has 5 heteroatoms. The van der Waals surface area contributed by atoms with Gasteiger partial charge >= 0.3 is 0 Å². The first-order valence-corrected chi connectivity index (χ1v) is 6.65. The Balaban J connectivity index is 2.77. The van der Waals surface area contributed by atoms with Crippen molar-refractivity contribution in [3.63, 3.8) is 0 Å². The molecule has 0 saturated carbocycles. The summed E-state index contributed by atoms with van der Waals surface area (Å²) in [6, 6.07) is 5.02. The van der Waals surface area contributed by atoms with E-state index in [1.54, 1.807) is 26.2 Å². The van der Waals surface area contributed by atoms with Crippen LogP contribution in [0.3, 0.4) is 0 Å². The summed E-state index contributed by atoms with van der Waals surface area (Å²) in [5.74, 6) is -0.0332. The zero-order valence-corrected chi connectivity index (χ0v) is 12.4. The fraction of sp³-hybridized carbons (Fsp3) is 0.250. The Labute approximate surface area is 120 Å². The van der Waals surface area contributed by atoms with Gasteiger partial charge in [-0.1, -0.05) is 0 Å². The summed E-state index contributed by atoms with van der Waals surface area (Å²) >= 11 is 0. The molecule has 2 aromatic heterocycles. The van der Waals surface area contributed by atoms with Crippen molar-refractivity contribution in [1.82, 2.24) is 9.13 Å². The number of aromatic nitrogens is 2. The topological polar surface area (TPSA) is 64.2 Å². The molecule has 0 aliphatic heterocycles. The van der Waals surface area contributed by atoms with E-state index in [1.807, 2.05) is 19.9 Å². The fourth-order valence-corrected chi connectivity index (χ4v) is 2.87. The van der Waals surface area contributed by atoms with Crippen molar-refractivity contribution >= 4 is 21.8 Å². The van der Waals surface area contributed by atoms with E-state index in [4.69, 9.17) is 0 Å². The quantitative estimate of drug-likeness (QED) is 0.639. The summed E-state index contributed by atoms with van der Waals surface area (Å²) < 4.78 is 2.81. The van der Waals surface area contributed by atoms with E-state index in [-0.39, 0.29) is 16.9 Å². The Morgan fingerprint density at radius 1 is 0.810 bits per heavy atom. The van der Waals surface area contributed by atoms with E-state index in [1.165, 1.54) is 9.13 Å². The second kappa shape index (κ2) is 4.22. The van der Waals surface area contributed by atoms with Crippen LogP contribution >= 0.6 is 0 Å². The standard InChI is InChI=1S/C16H16N2O3/c1-8-5-12(19)17(3)14-10(8)7-11-9(2)6-13(20)18(4)15(11)16(14)21/h5-7,21H,1-4H3. The van der Waals surface area contributed by atoms with E-state index in [9.17, 15) is 14.7 Å². The van der Waals surface area contributed by atoms with E-state index < -0.39 is 0 Å². The molecule has 108 valence electrons. The smallest absolute Gasteiger partial charge is 0.251 e. The SMILES string of the molecule is Cc1cc(=O)n(C)c2c(O)c3c(cc12)c(C)cc(=O)n3C. The van der Waals surface area contributed by atoms with Crippen LogP contribution in [0.2, 0.25) is 0 Å². The monoisotopic (exact) mass is 284 g/mol. The molecule has 0 spiro atoms. The summed E-state index contributed by atoms with van der Waals surface area (Å²) in [6.07, 6.45) is 0. The molecule has 0 radical (unpaired) electrons. The molecule has 0 fully saturated rings. The third kappa shape index (κ3) is 1.70. The van der Waals surface area contributed by atoms with Crippen LogP contribution in [0.1, 0.15) is 11.1 Å². The van der Waals surface area contributed by atoms with Gasteiger partial charge in [-0.3, -0.25) is 9.59 Å². The van der Waals surface area contributed by atoms with Crippen LogP contribution in [0.15, 0.2) is 27.8 Å². The average molecular weight is 284 g/mol. The van der Waals surface area contributed by atoms with Crippen LogP contribution in [0, 0.1) is 13.8 Å². The maximum absolute atomic E-state index is 11.9. The van der Waals surface area contributed by atoms with Crippen molar-refractivity contribution in [2.45, 2.75) is 13.8 Å². The lowest BCUT2D eigenvalue weighted by molar-refractivity contribution is 0.481. The van der Waals surface area contributed by atoms with Crippen molar-refractivity contribution in [3.8, 4) is 5.75 Å². The maximum atomic E-state index is 11.9. The largest absolute Gasteiger partial charge is 0.504 e. The predicted octanol–water partition coefficient (Wildman–Crippen LogP) is 1.71. The highest BCUT2D eigenvalue weighted by molar-refractivity contribution is 6.04. The second-order valence-corrected chi connectivity index (χ2v) is 5.47. The molecule has 1 N–H and O–H groups in total. The Bertz CT molecular complexity index is 946. The molecule has 2 heterocycles. The molecule has 0 aliphatic carbocycles. The third-order valence-corrected chi connectivity index (χ3v) is 4.11. The Kier molecular flexibility index (Phi) is 2.69. The van der Waals surface area contributed by atoms with Crippen molar-refractivity contribution in [1.29, 1.82) is 0 Å². The first-order chi connectivity index (χ1) is 9.82. The number of phenols is 1. The molecular formula is C16H16N2O3. The Hall–Kier alpha value is -2.56. The number of hydrogen-bond acceptors (Lipinski definition) is 3. The molecule has 0 saturated heterocycles. The van der Waals surface area contributed by atoms with Gasteiger partial charge in [-0.15, -0.1) is 0 Å². The zero-order valence-electron chi connectivity index (χ0n) is 12.4. The lowest BCUT2D eigenvalue weighted by Gasteiger charge is -2.15. The van der Waals surface area contributed by atoms with Crippen LogP contribution in [-0.4, -0.2) is 14.2 Å². The zero-order chi connectivity index (χ0) is 15.5. The molecule has 0 unspecified atom stereocenters. The van der Waals surface area contributed by atoms with Crippen LogP contribution in [0.4, 0.5) is 0 Å². The Morgan fingerprint density at radius 2 is 1.19 bits per heavy atom. The minimum atomic E-state index is -0.188. The average Bonchev–Trinajstić information content (AvgIpc) is 2.41. The number of benzene rings is 1. The number of phenolic OH excluding ortho intramolecular Hbond substituents is 1. The molecule has 0 atom stereocenters. The van der Waals surface area contributed by atoms with Crippen LogP contribution in [0.5, 0.6) is 5.75 Å². The molecule has 0 aliphatic rings. The van der Waals surface area contributed by atoms with E-state index in [0.717, 1.165) is 21.9 Å². The van der Waals surface area contributed by atoms with Crippen LogP contribution < -0.4 is 11.1 Å². The molecule has 3 aromatic rings. The lowest BCUT2D eigenvalue weighted by atomic mass is 10.0. The summed E-state index contributed by atoms with van der Waals surface area (Å²) in [5, 5.41) is 12.3. The molecule has 21 heavy (non-hydrogen) atoms. The summed E-state index contributed by atoms with van der Waals surface area (Å²) in [6.45, 7) is 3.68. The van der Waals surface area contributed by atoms with Crippen LogP contribution in [0.25, 0.3) is 21.8 Å². The van der Waals surface area contributed by atoms with Gasteiger partial charge in [0.15, 0.2) is 5.75 Å². The number of nitrogens with zero attached hydrogens (tertiary/aromatic N) is 2. The van der Waals surface area contributed by atoms with Gasteiger partial charge in [0.05, 0.1) is 11.0 Å². The number of hydrogen-bond donors (Lipinski definition) is 1. The van der Waals surface area contributed by atoms with Gasteiger partial charge in [-0.2, -0.15) is 0 Å². The van der Waals surface area contributed by atoms with Crippen molar-refractivity contribution in [2.24, 2.45) is 14.1 Å². The van der Waals surface area contributed by atoms with Gasteiger partial charge < -0.3 is 14.2 Å². The highest BCUT2D eigenvalue weighted by Gasteiger charge is 2.16. The third-order valence-electron chi connectivity index (χ3n) is 4.11. The van der Waals surface area contributed by atoms with Crippen molar-refractivity contribution in [2.75, 3.05) is 0 Å². The highest BCUT2D eigenvalue weighted by Crippen LogP contribution is 2.34. The number of aryl methyl sites for hydroxylation is 4. The minimum Gasteiger partial charge on any atom is -0.504 e. The van der Waals surface area contributed by atoms with E-state index >= 15 is 0 Å². The first kappa shape index (κ1) is 13.4. The number of rotatable bonds is 0. The van der Waals surface area contributed by atoms with Gasteiger partial charge in [0, 0.05) is 37.0 Å². The summed E-state index contributed by atoms with van der Waals surface area (Å²) in [7, 11) is 3.23. The van der Waals surface area contributed by atoms with Gasteiger partial charge in [-0.05, 0) is 31.0 Å². The molecular weight excluding hydrogens is 268 g/mol. The van der Waals surface area contributed by atoms with Gasteiger partial charge in [-0.25, -0.2) is 0 Å². The number of aromatic hydroxyl groups is 1. The lowest BCUT2D eigenvalue weighted by Crippen LogP contribution is -2.19. The first-order valence-electron chi connectivity index (χ1n) is 6.65. The number of fused-ring (bicyclic) bond motifs is 2. The highest BCUT2D eigenvalue weighted by atomic mass is 16.3. The fourth-order valence-electron chi connectivity index (χ4n) is 2.87. The van der Waals surface area contributed by atoms with Crippen molar-refractivity contribution in [3.05, 3.63) is 50.0 Å². The number of pyridine rings is 2. The van der Waals surface area contributed by atoms with Gasteiger partial charge in [0.1, 0.15) is 0 Å².